The molecule has 0 aliphatic rings. The van der Waals surface area contributed by atoms with Gasteiger partial charge in [-0.2, -0.15) is 5.26 Å². The van der Waals surface area contributed by atoms with Crippen molar-refractivity contribution in [3.63, 3.8) is 0 Å². The van der Waals surface area contributed by atoms with Crippen molar-refractivity contribution >= 4 is 49.3 Å². The van der Waals surface area contributed by atoms with Crippen molar-refractivity contribution in [2.75, 3.05) is 0 Å². The van der Waals surface area contributed by atoms with E-state index in [0.29, 0.717) is 34.5 Å². The van der Waals surface area contributed by atoms with Crippen LogP contribution in [-0.4, -0.2) is 29.1 Å². The first kappa shape index (κ1) is 30.5. The third kappa shape index (κ3) is 4.73. The first-order valence-corrected chi connectivity index (χ1v) is 17.2. The van der Waals surface area contributed by atoms with E-state index in [1.165, 1.54) is 11.1 Å². The van der Waals surface area contributed by atoms with Crippen LogP contribution in [0.4, 0.5) is 0 Å². The van der Waals surface area contributed by atoms with Crippen LogP contribution in [0, 0.1) is 11.3 Å². The summed E-state index contributed by atoms with van der Waals surface area (Å²) in [5.41, 5.74) is 8.36. The Bertz CT molecular complexity index is 2830. The van der Waals surface area contributed by atoms with Gasteiger partial charge in [0, 0.05) is 34.0 Å². The van der Waals surface area contributed by atoms with E-state index < -0.39 is 0 Å². The van der Waals surface area contributed by atoms with E-state index in [1.807, 2.05) is 60.7 Å². The summed E-state index contributed by atoms with van der Waals surface area (Å²) in [6.07, 6.45) is 3.49. The van der Waals surface area contributed by atoms with E-state index in [9.17, 15) is 5.26 Å². The quantitative estimate of drug-likeness (QED) is 0.164. The number of pyridine rings is 3. The van der Waals surface area contributed by atoms with E-state index >= 15 is 0 Å². The van der Waals surface area contributed by atoms with Crippen LogP contribution >= 0.6 is 0 Å². The van der Waals surface area contributed by atoms with Crippen LogP contribution in [0.5, 0.6) is 11.5 Å². The number of nitrogens with zero attached hydrogens (tertiary/aromatic N) is 7. The van der Waals surface area contributed by atoms with Crippen molar-refractivity contribution in [1.29, 1.82) is 5.26 Å². The lowest BCUT2D eigenvalue weighted by Gasteiger charge is -2.19. The predicted octanol–water partition coefficient (Wildman–Crippen LogP) is 10.5. The Morgan fingerprint density at radius 2 is 1.39 bits per heavy atom. The van der Waals surface area contributed by atoms with Gasteiger partial charge in [-0.05, 0) is 64.7 Å². The summed E-state index contributed by atoms with van der Waals surface area (Å²) in [5, 5.41) is 23.9. The van der Waals surface area contributed by atoms with Gasteiger partial charge in [-0.25, -0.2) is 4.98 Å². The van der Waals surface area contributed by atoms with Gasteiger partial charge in [0.15, 0.2) is 11.5 Å². The number of hydrogen-bond acceptors (Lipinski definition) is 6. The van der Waals surface area contributed by atoms with E-state index in [4.69, 9.17) is 19.9 Å². The number of hydrogen-bond donors (Lipinski definition) is 0. The lowest BCUT2D eigenvalue weighted by atomic mass is 9.88. The average molecular weight is 664 g/mol. The summed E-state index contributed by atoms with van der Waals surface area (Å²) < 4.78 is 10.8. The molecule has 8 nitrogen and oxygen atoms in total. The molecule has 8 heteroatoms. The smallest absolute Gasteiger partial charge is 0.169 e. The second-order valence-electron chi connectivity index (χ2n) is 13.5. The average Bonchev–Trinajstić information content (AvgIpc) is 3.74. The normalized spacial score (nSPS) is 11.9. The maximum absolute atomic E-state index is 10.4. The van der Waals surface area contributed by atoms with Gasteiger partial charge in [0.05, 0.1) is 33.8 Å². The van der Waals surface area contributed by atoms with E-state index in [0.717, 1.165) is 60.8 Å². The third-order valence-electron chi connectivity index (χ3n) is 9.77. The fourth-order valence-electron chi connectivity index (χ4n) is 7.44. The molecule has 0 saturated carbocycles. The maximum atomic E-state index is 10.4. The molecule has 0 aliphatic heterocycles. The molecule has 4 aromatic carbocycles. The Labute approximate surface area is 294 Å². The minimum absolute atomic E-state index is 0.290. The van der Waals surface area contributed by atoms with Crippen LogP contribution < -0.4 is 4.74 Å². The number of para-hydroxylation sites is 2. The highest BCUT2D eigenvalue weighted by molar-refractivity contribution is 6.13. The molecule has 0 saturated heterocycles. The van der Waals surface area contributed by atoms with Gasteiger partial charge in [0.25, 0.3) is 0 Å². The van der Waals surface area contributed by atoms with Crippen LogP contribution in [0.1, 0.15) is 56.2 Å². The molecule has 0 fully saturated rings. The van der Waals surface area contributed by atoms with Crippen LogP contribution in [0.2, 0.25) is 0 Å². The van der Waals surface area contributed by atoms with Crippen LogP contribution in [0.15, 0.2) is 116 Å². The van der Waals surface area contributed by atoms with Gasteiger partial charge in [0.2, 0.25) is 0 Å². The molecule has 246 valence electrons. The molecule has 0 bridgehead atoms. The molecular formula is C43H33N7O. The van der Waals surface area contributed by atoms with Crippen LogP contribution in [-0.2, 0) is 0 Å². The number of ether oxygens (including phenoxy) is 1. The molecule has 0 spiro atoms. The predicted molar refractivity (Wildman–Crippen MR) is 203 cm³/mol. The number of aromatic nitrogens is 6. The second-order valence-corrected chi connectivity index (χ2v) is 13.5. The summed E-state index contributed by atoms with van der Waals surface area (Å²) in [5.74, 6) is 3.09. The minimum atomic E-state index is 0.290. The Morgan fingerprint density at radius 3 is 2.12 bits per heavy atom. The van der Waals surface area contributed by atoms with Crippen molar-refractivity contribution in [3.05, 3.63) is 132 Å². The minimum Gasteiger partial charge on any atom is -0.454 e. The Hall–Kier alpha value is -6.59. The Morgan fingerprint density at radius 1 is 0.667 bits per heavy atom. The monoisotopic (exact) mass is 663 g/mol. The molecule has 0 aliphatic carbocycles. The highest BCUT2D eigenvalue weighted by Crippen LogP contribution is 2.41. The van der Waals surface area contributed by atoms with Crippen molar-refractivity contribution in [2.45, 2.75) is 39.5 Å². The summed E-state index contributed by atoms with van der Waals surface area (Å²) in [4.78, 5) is 9.50. The molecule has 0 amide bonds. The molecule has 0 atom stereocenters. The van der Waals surface area contributed by atoms with Gasteiger partial charge in [-0.15, -0.1) is 10.2 Å². The van der Waals surface area contributed by atoms with Gasteiger partial charge in [-0.3, -0.25) is 14.0 Å². The van der Waals surface area contributed by atoms with Gasteiger partial charge >= 0.3 is 0 Å². The molecule has 5 heterocycles. The highest BCUT2D eigenvalue weighted by atomic mass is 16.5. The fourth-order valence-corrected chi connectivity index (χ4v) is 7.44. The van der Waals surface area contributed by atoms with Crippen LogP contribution in [0.25, 0.3) is 66.5 Å². The third-order valence-corrected chi connectivity index (χ3v) is 9.77. The van der Waals surface area contributed by atoms with Crippen molar-refractivity contribution < 1.29 is 4.74 Å². The second kappa shape index (κ2) is 11.8. The topological polar surface area (TPSA) is 93.9 Å². The molecule has 5 aromatic heterocycles. The number of rotatable bonds is 6. The number of benzene rings is 4. The van der Waals surface area contributed by atoms with E-state index in [1.54, 1.807) is 12.4 Å². The molecule has 9 rings (SSSR count). The molecular weight excluding hydrogens is 631 g/mol. The first-order chi connectivity index (χ1) is 24.9. The van der Waals surface area contributed by atoms with E-state index in [2.05, 4.69) is 90.2 Å². The SMILES string of the molecule is CC(C)c1cccc(C(C)C)c1-c1nnc2c3cc(Oc4cnc5c6ccccc6n(-c6ccccn6)c5c4)c(C#N)cc3c3ccccc3n12. The zero-order chi connectivity index (χ0) is 34.8. The summed E-state index contributed by atoms with van der Waals surface area (Å²) in [7, 11) is 0. The Kier molecular flexibility index (Phi) is 7.04. The summed E-state index contributed by atoms with van der Waals surface area (Å²) in [6, 6.07) is 36.9. The van der Waals surface area contributed by atoms with Crippen molar-refractivity contribution in [1.82, 2.24) is 29.1 Å². The lowest BCUT2D eigenvalue weighted by molar-refractivity contribution is 0.480. The summed E-state index contributed by atoms with van der Waals surface area (Å²) in [6.45, 7) is 8.87. The zero-order valence-electron chi connectivity index (χ0n) is 28.7. The maximum Gasteiger partial charge on any atom is 0.169 e. The lowest BCUT2D eigenvalue weighted by Crippen LogP contribution is -2.03. The first-order valence-electron chi connectivity index (χ1n) is 17.2. The van der Waals surface area contributed by atoms with Crippen molar-refractivity contribution in [3.8, 4) is 34.8 Å². The molecule has 0 unspecified atom stereocenters. The van der Waals surface area contributed by atoms with Gasteiger partial charge in [-0.1, -0.05) is 88.4 Å². The molecule has 0 radical (unpaired) electrons. The summed E-state index contributed by atoms with van der Waals surface area (Å²) >= 11 is 0. The Balaban J connectivity index is 1.27. The van der Waals surface area contributed by atoms with Gasteiger partial charge < -0.3 is 4.74 Å². The fraction of sp³-hybridized carbons (Fsp3) is 0.140. The standard InChI is InChI=1S/C43H33N7O/c1-25(2)29-14-11-15-30(26(3)4)40(29)43-48-47-42-34-22-38(27(23-44)20-33(34)31-12-5-7-16-35(31)50(42)43)51-28-21-37-41(46-24-28)32-13-6-8-17-36(32)49(37)39-18-9-10-19-45-39/h5-22,24-26H,1-4H3. The molecule has 0 N–H and O–H groups in total. The highest BCUT2D eigenvalue weighted by Gasteiger charge is 2.24. The van der Waals surface area contributed by atoms with E-state index in [-0.39, 0.29) is 0 Å². The van der Waals surface area contributed by atoms with Crippen molar-refractivity contribution in [2.24, 2.45) is 0 Å². The van der Waals surface area contributed by atoms with Crippen LogP contribution in [0.3, 0.4) is 0 Å². The number of fused-ring (bicyclic) bond motifs is 9. The molecule has 9 aromatic rings. The number of nitriles is 1. The molecule has 51 heavy (non-hydrogen) atoms. The van der Waals surface area contributed by atoms with Gasteiger partial charge in [0.1, 0.15) is 23.4 Å². The largest absolute Gasteiger partial charge is 0.454 e. The zero-order valence-corrected chi connectivity index (χ0v) is 28.7.